The molecule has 1 N–H and O–H groups in total. The molecule has 0 bridgehead atoms. The summed E-state index contributed by atoms with van der Waals surface area (Å²) in [7, 11) is 1.59. The van der Waals surface area contributed by atoms with Gasteiger partial charge < -0.3 is 10.2 Å². The maximum Gasteiger partial charge on any atom is 0.421 e. The van der Waals surface area contributed by atoms with Crippen molar-refractivity contribution in [3.8, 4) is 0 Å². The van der Waals surface area contributed by atoms with Crippen LogP contribution in [0.5, 0.6) is 0 Å². The first-order valence-electron chi connectivity index (χ1n) is 8.57. The van der Waals surface area contributed by atoms with Crippen LogP contribution in [0.25, 0.3) is 0 Å². The molecule has 2 aromatic carbocycles. The number of hydrogen-bond donors (Lipinski definition) is 1. The Balaban J connectivity index is 1.97. The van der Waals surface area contributed by atoms with Gasteiger partial charge in [0.25, 0.3) is 0 Å². The molecule has 3 aromatic rings. The summed E-state index contributed by atoms with van der Waals surface area (Å²) >= 11 is 0. The average molecular weight is 390 g/mol. The van der Waals surface area contributed by atoms with Gasteiger partial charge in [0.2, 0.25) is 5.95 Å². The van der Waals surface area contributed by atoms with Gasteiger partial charge in [0, 0.05) is 24.6 Å². The van der Waals surface area contributed by atoms with Crippen LogP contribution >= 0.6 is 0 Å². The molecule has 1 aromatic heterocycles. The van der Waals surface area contributed by atoms with Gasteiger partial charge in [0.1, 0.15) is 17.2 Å². The number of halogens is 4. The molecule has 0 amide bonds. The van der Waals surface area contributed by atoms with Gasteiger partial charge >= 0.3 is 6.18 Å². The van der Waals surface area contributed by atoms with E-state index in [0.29, 0.717) is 11.4 Å². The van der Waals surface area contributed by atoms with E-state index in [1.165, 1.54) is 29.2 Å². The van der Waals surface area contributed by atoms with Crippen molar-refractivity contribution in [2.75, 3.05) is 17.3 Å². The highest BCUT2D eigenvalue weighted by molar-refractivity contribution is 5.64. The first kappa shape index (κ1) is 19.6. The van der Waals surface area contributed by atoms with Crippen LogP contribution in [0.1, 0.15) is 18.1 Å². The molecular weight excluding hydrogens is 372 g/mol. The highest BCUT2D eigenvalue weighted by Gasteiger charge is 2.35. The quantitative estimate of drug-likeness (QED) is 0.567. The lowest BCUT2D eigenvalue weighted by atomic mass is 10.1. The fraction of sp³-hybridized carbons (Fsp3) is 0.200. The molecule has 1 heterocycles. The Morgan fingerprint density at radius 2 is 1.64 bits per heavy atom. The molecule has 0 radical (unpaired) electrons. The summed E-state index contributed by atoms with van der Waals surface area (Å²) in [6.07, 6.45) is -3.04. The van der Waals surface area contributed by atoms with Crippen molar-refractivity contribution in [1.82, 2.24) is 9.97 Å². The summed E-state index contributed by atoms with van der Waals surface area (Å²) < 4.78 is 53.3. The fourth-order valence-electron chi connectivity index (χ4n) is 2.58. The molecule has 0 saturated carbocycles. The number of rotatable bonds is 5. The van der Waals surface area contributed by atoms with Gasteiger partial charge in [0.15, 0.2) is 0 Å². The van der Waals surface area contributed by atoms with Gasteiger partial charge in [-0.3, -0.25) is 0 Å². The minimum absolute atomic E-state index is 0.0484. The predicted octanol–water partition coefficient (Wildman–Crippen LogP) is 5.71. The van der Waals surface area contributed by atoms with Crippen molar-refractivity contribution in [3.63, 3.8) is 0 Å². The Morgan fingerprint density at radius 1 is 1.00 bits per heavy atom. The third-order valence-corrected chi connectivity index (χ3v) is 4.22. The van der Waals surface area contributed by atoms with E-state index < -0.39 is 17.6 Å². The highest BCUT2D eigenvalue weighted by Crippen LogP contribution is 2.36. The first-order valence-corrected chi connectivity index (χ1v) is 8.57. The second kappa shape index (κ2) is 7.84. The fourth-order valence-corrected chi connectivity index (χ4v) is 2.58. The van der Waals surface area contributed by atoms with Gasteiger partial charge in [-0.15, -0.1) is 0 Å². The van der Waals surface area contributed by atoms with Crippen molar-refractivity contribution in [3.05, 3.63) is 71.7 Å². The topological polar surface area (TPSA) is 41.1 Å². The van der Waals surface area contributed by atoms with Gasteiger partial charge in [-0.05, 0) is 48.4 Å². The standard InChI is InChI=1S/C20H18F4N4/c1-3-13-4-8-15(9-5-13)26-18-17(20(22,23)24)12-25-19(27-18)28(2)16-10-6-14(21)7-11-16/h4-12H,3H2,1-2H3,(H,25,26,27). The van der Waals surface area contributed by atoms with E-state index in [0.717, 1.165) is 18.2 Å². The van der Waals surface area contributed by atoms with Crippen LogP contribution in [-0.2, 0) is 12.6 Å². The largest absolute Gasteiger partial charge is 0.421 e. The first-order chi connectivity index (χ1) is 13.3. The van der Waals surface area contributed by atoms with Crippen LogP contribution in [0, 0.1) is 5.82 Å². The molecule has 146 valence electrons. The smallest absolute Gasteiger partial charge is 0.340 e. The van der Waals surface area contributed by atoms with Crippen LogP contribution in [0.2, 0.25) is 0 Å². The maximum atomic E-state index is 13.4. The Bertz CT molecular complexity index is 938. The molecule has 3 rings (SSSR count). The Morgan fingerprint density at radius 3 is 2.21 bits per heavy atom. The van der Waals surface area contributed by atoms with Crippen LogP contribution in [0.15, 0.2) is 54.7 Å². The SMILES string of the molecule is CCc1ccc(Nc2nc(N(C)c3ccc(F)cc3)ncc2C(F)(F)F)cc1. The Kier molecular flexibility index (Phi) is 5.48. The number of anilines is 4. The van der Waals surface area contributed by atoms with Crippen molar-refractivity contribution in [1.29, 1.82) is 0 Å². The summed E-state index contributed by atoms with van der Waals surface area (Å²) in [5, 5.41) is 2.73. The van der Waals surface area contributed by atoms with Gasteiger partial charge in [-0.2, -0.15) is 18.2 Å². The predicted molar refractivity (Wildman–Crippen MR) is 101 cm³/mol. The van der Waals surface area contributed by atoms with Crippen LogP contribution in [0.3, 0.4) is 0 Å². The van der Waals surface area contributed by atoms with E-state index in [2.05, 4.69) is 15.3 Å². The van der Waals surface area contributed by atoms with Crippen molar-refractivity contribution in [2.45, 2.75) is 19.5 Å². The van der Waals surface area contributed by atoms with Crippen LogP contribution < -0.4 is 10.2 Å². The summed E-state index contributed by atoms with van der Waals surface area (Å²) in [5.41, 5.74) is 1.13. The summed E-state index contributed by atoms with van der Waals surface area (Å²) in [6.45, 7) is 1.99. The van der Waals surface area contributed by atoms with E-state index >= 15 is 0 Å². The number of aromatic nitrogens is 2. The third-order valence-electron chi connectivity index (χ3n) is 4.22. The minimum atomic E-state index is -4.61. The molecular formula is C20H18F4N4. The molecule has 0 aliphatic heterocycles. The van der Waals surface area contributed by atoms with E-state index in [4.69, 9.17) is 0 Å². The maximum absolute atomic E-state index is 13.4. The molecule has 8 heteroatoms. The number of nitrogens with zero attached hydrogens (tertiary/aromatic N) is 3. The second-order valence-electron chi connectivity index (χ2n) is 6.14. The Hall–Kier alpha value is -3.16. The van der Waals surface area contributed by atoms with E-state index in [1.54, 1.807) is 19.2 Å². The molecule has 0 unspecified atom stereocenters. The molecule has 0 spiro atoms. The van der Waals surface area contributed by atoms with Gasteiger partial charge in [-0.25, -0.2) is 9.37 Å². The normalized spacial score (nSPS) is 11.4. The van der Waals surface area contributed by atoms with Crippen LogP contribution in [-0.4, -0.2) is 17.0 Å². The van der Waals surface area contributed by atoms with Gasteiger partial charge in [0.05, 0.1) is 0 Å². The lowest BCUT2D eigenvalue weighted by molar-refractivity contribution is -0.137. The molecule has 28 heavy (non-hydrogen) atoms. The summed E-state index contributed by atoms with van der Waals surface area (Å²) in [6, 6.07) is 12.6. The minimum Gasteiger partial charge on any atom is -0.340 e. The molecule has 0 atom stereocenters. The summed E-state index contributed by atoms with van der Waals surface area (Å²) in [5.74, 6) is -0.716. The number of nitrogens with one attached hydrogen (secondary N) is 1. The molecule has 0 aliphatic carbocycles. The number of benzene rings is 2. The molecule has 0 fully saturated rings. The van der Waals surface area contributed by atoms with E-state index in [-0.39, 0.29) is 11.8 Å². The van der Waals surface area contributed by atoms with Crippen LogP contribution in [0.4, 0.5) is 40.7 Å². The highest BCUT2D eigenvalue weighted by atomic mass is 19.4. The zero-order valence-electron chi connectivity index (χ0n) is 15.3. The van der Waals surface area contributed by atoms with Gasteiger partial charge in [-0.1, -0.05) is 19.1 Å². The number of hydrogen-bond acceptors (Lipinski definition) is 4. The molecule has 0 aliphatic rings. The monoisotopic (exact) mass is 390 g/mol. The third kappa shape index (κ3) is 4.39. The van der Waals surface area contributed by atoms with Crippen molar-refractivity contribution in [2.24, 2.45) is 0 Å². The number of aryl methyl sites for hydroxylation is 1. The lowest BCUT2D eigenvalue weighted by Gasteiger charge is -2.20. The van der Waals surface area contributed by atoms with Crippen molar-refractivity contribution >= 4 is 23.1 Å². The lowest BCUT2D eigenvalue weighted by Crippen LogP contribution is -2.17. The zero-order chi connectivity index (χ0) is 20.3. The Labute approximate surface area is 159 Å². The summed E-state index contributed by atoms with van der Waals surface area (Å²) in [4.78, 5) is 9.38. The second-order valence-corrected chi connectivity index (χ2v) is 6.14. The van der Waals surface area contributed by atoms with Crippen molar-refractivity contribution < 1.29 is 17.6 Å². The van der Waals surface area contributed by atoms with E-state index in [9.17, 15) is 17.6 Å². The number of alkyl halides is 3. The zero-order valence-corrected chi connectivity index (χ0v) is 15.3. The average Bonchev–Trinajstić information content (AvgIpc) is 2.68. The molecule has 0 saturated heterocycles. The van der Waals surface area contributed by atoms with E-state index in [1.807, 2.05) is 19.1 Å². The molecule has 4 nitrogen and oxygen atoms in total.